The molecule has 2 fully saturated rings. The number of aliphatic hydroxyl groups is 1. The molecule has 3 N–H and O–H groups in total. The van der Waals surface area contributed by atoms with Crippen molar-refractivity contribution in [3.63, 3.8) is 0 Å². The maximum atomic E-state index is 13.1. The number of nitrogens with one attached hydrogen (secondary N) is 2. The van der Waals surface area contributed by atoms with Crippen LogP contribution in [0.1, 0.15) is 44.1 Å². The Hall–Kier alpha value is -2.17. The van der Waals surface area contributed by atoms with Crippen LogP contribution >= 0.6 is 0 Å². The summed E-state index contributed by atoms with van der Waals surface area (Å²) in [5, 5.41) is 19.8. The fourth-order valence-electron chi connectivity index (χ4n) is 3.96. The Balaban J connectivity index is 1.69. The number of nitrogens with zero attached hydrogens (tertiary/aromatic N) is 2. The molecule has 168 valence electrons. The Morgan fingerprint density at radius 2 is 2.07 bits per heavy atom. The Labute approximate surface area is 176 Å². The minimum absolute atomic E-state index is 0.0320. The van der Waals surface area contributed by atoms with Crippen LogP contribution < -0.4 is 10.6 Å². The Kier molecular flexibility index (Phi) is 7.68. The van der Waals surface area contributed by atoms with Crippen molar-refractivity contribution in [1.29, 1.82) is 0 Å². The molecule has 0 spiro atoms. The molecule has 4 atom stereocenters. The van der Waals surface area contributed by atoms with Crippen LogP contribution in [0, 0.1) is 13.8 Å². The van der Waals surface area contributed by atoms with E-state index in [0.29, 0.717) is 36.5 Å². The van der Waals surface area contributed by atoms with Gasteiger partial charge in [-0.15, -0.1) is 0 Å². The zero-order valence-corrected chi connectivity index (χ0v) is 17.8. The van der Waals surface area contributed by atoms with Crippen molar-refractivity contribution in [1.82, 2.24) is 15.4 Å². The topological polar surface area (TPSA) is 126 Å². The zero-order chi connectivity index (χ0) is 21.7. The van der Waals surface area contributed by atoms with Crippen LogP contribution in [0.4, 0.5) is 10.5 Å². The smallest absolute Gasteiger partial charge is 0.322 e. The number of urea groups is 1. The van der Waals surface area contributed by atoms with E-state index in [1.165, 1.54) is 0 Å². The number of β-amino-alcohol motifs (C(OH)–C–C–N with tert-alkyl or cyclic N) is 1. The van der Waals surface area contributed by atoms with Gasteiger partial charge in [-0.2, -0.15) is 0 Å². The second-order valence-corrected chi connectivity index (χ2v) is 7.97. The molecule has 10 nitrogen and oxygen atoms in total. The molecule has 2 aliphatic rings. The Bertz CT molecular complexity index is 719. The van der Waals surface area contributed by atoms with Gasteiger partial charge in [0.05, 0.1) is 44.4 Å². The maximum Gasteiger partial charge on any atom is 0.322 e. The summed E-state index contributed by atoms with van der Waals surface area (Å²) in [7, 11) is 0. The highest BCUT2D eigenvalue weighted by molar-refractivity contribution is 5.90. The van der Waals surface area contributed by atoms with Crippen LogP contribution in [0.5, 0.6) is 0 Å². The molecule has 1 aromatic heterocycles. The predicted molar refractivity (Wildman–Crippen MR) is 108 cm³/mol. The molecule has 0 aliphatic carbocycles. The van der Waals surface area contributed by atoms with Crippen LogP contribution in [0.15, 0.2) is 4.52 Å². The first-order valence-corrected chi connectivity index (χ1v) is 10.6. The van der Waals surface area contributed by atoms with Crippen molar-refractivity contribution < 1.29 is 28.7 Å². The van der Waals surface area contributed by atoms with E-state index in [0.717, 1.165) is 6.42 Å². The minimum Gasteiger partial charge on any atom is -0.389 e. The quantitative estimate of drug-likeness (QED) is 0.651. The number of fused-ring (bicyclic) bond motifs is 1. The molecule has 10 heteroatoms. The molecule has 0 unspecified atom stereocenters. The van der Waals surface area contributed by atoms with Crippen molar-refractivity contribution in [3.05, 3.63) is 11.5 Å². The van der Waals surface area contributed by atoms with E-state index in [-0.39, 0.29) is 56.4 Å². The number of carbonyl (C=O) groups excluding carboxylic acids is 2. The van der Waals surface area contributed by atoms with E-state index in [1.54, 1.807) is 18.7 Å². The second kappa shape index (κ2) is 10.2. The van der Waals surface area contributed by atoms with E-state index in [9.17, 15) is 14.7 Å². The molecule has 3 amide bonds. The highest BCUT2D eigenvalue weighted by atomic mass is 16.5. The van der Waals surface area contributed by atoms with Gasteiger partial charge < -0.3 is 34.6 Å². The highest BCUT2D eigenvalue weighted by Crippen LogP contribution is 2.29. The van der Waals surface area contributed by atoms with Crippen molar-refractivity contribution in [2.45, 2.75) is 70.8 Å². The number of ether oxygens (including phenoxy) is 2. The van der Waals surface area contributed by atoms with Gasteiger partial charge >= 0.3 is 6.03 Å². The fraction of sp³-hybridized carbons (Fsp3) is 0.750. The van der Waals surface area contributed by atoms with E-state index in [4.69, 9.17) is 14.0 Å². The van der Waals surface area contributed by atoms with E-state index in [2.05, 4.69) is 15.8 Å². The number of hydrogen-bond acceptors (Lipinski definition) is 7. The highest BCUT2D eigenvalue weighted by Gasteiger charge is 2.40. The largest absolute Gasteiger partial charge is 0.389 e. The van der Waals surface area contributed by atoms with Gasteiger partial charge in [-0.1, -0.05) is 12.1 Å². The van der Waals surface area contributed by atoms with Gasteiger partial charge in [0, 0.05) is 6.54 Å². The Morgan fingerprint density at radius 1 is 1.27 bits per heavy atom. The molecule has 0 radical (unpaired) electrons. The summed E-state index contributed by atoms with van der Waals surface area (Å²) in [6.07, 6.45) is 1.09. The van der Waals surface area contributed by atoms with Crippen LogP contribution in [0.2, 0.25) is 0 Å². The lowest BCUT2D eigenvalue weighted by molar-refractivity contribution is -0.149. The normalized spacial score (nSPS) is 27.0. The van der Waals surface area contributed by atoms with Crippen LogP contribution in [0.3, 0.4) is 0 Å². The summed E-state index contributed by atoms with van der Waals surface area (Å²) in [4.78, 5) is 26.8. The van der Waals surface area contributed by atoms with Gasteiger partial charge in [0.15, 0.2) is 5.76 Å². The third-order valence-corrected chi connectivity index (χ3v) is 5.49. The lowest BCUT2D eigenvalue weighted by Gasteiger charge is -2.44. The summed E-state index contributed by atoms with van der Waals surface area (Å²) < 4.78 is 16.9. The number of aryl methyl sites for hydroxylation is 2. The number of amides is 3. The van der Waals surface area contributed by atoms with Gasteiger partial charge in [0.25, 0.3) is 0 Å². The van der Waals surface area contributed by atoms with Gasteiger partial charge in [-0.25, -0.2) is 4.79 Å². The molecule has 2 saturated heterocycles. The summed E-state index contributed by atoms with van der Waals surface area (Å²) in [6.45, 7) is 6.63. The lowest BCUT2D eigenvalue weighted by atomic mass is 9.95. The molecule has 0 aromatic carbocycles. The molecule has 0 bridgehead atoms. The second-order valence-electron chi connectivity index (χ2n) is 7.97. The van der Waals surface area contributed by atoms with Crippen molar-refractivity contribution in [3.8, 4) is 0 Å². The minimum atomic E-state index is -0.793. The molecule has 3 heterocycles. The SMILES string of the molecule is CCCNC(=O)C[C@H]1CC[C@H]2[C@@H](COC[C@@H](O)CN2C(=O)Nc2c(C)noc2C)O1. The molecule has 2 aliphatic heterocycles. The number of carbonyl (C=O) groups is 2. The van der Waals surface area contributed by atoms with Gasteiger partial charge in [0.1, 0.15) is 17.5 Å². The summed E-state index contributed by atoms with van der Waals surface area (Å²) in [5.41, 5.74) is 1.12. The number of hydrogen-bond donors (Lipinski definition) is 3. The molecular formula is C20H32N4O6. The summed E-state index contributed by atoms with van der Waals surface area (Å²) >= 11 is 0. The number of rotatable bonds is 5. The number of anilines is 1. The van der Waals surface area contributed by atoms with Gasteiger partial charge in [-0.3, -0.25) is 4.79 Å². The summed E-state index contributed by atoms with van der Waals surface area (Å²) in [5.74, 6) is 0.488. The van der Waals surface area contributed by atoms with Crippen LogP contribution in [-0.4, -0.2) is 77.8 Å². The standard InChI is InChI=1S/C20H32N4O6/c1-4-7-21-18(26)8-15-5-6-16-17(29-15)11-28-10-14(25)9-24(16)20(27)22-19-12(2)23-30-13(19)3/h14-17,25H,4-11H2,1-3H3,(H,21,26)(H,22,27)/t14-,15+,16-,17+/m0/s1. The number of aromatic nitrogens is 1. The molecule has 1 aromatic rings. The van der Waals surface area contributed by atoms with Crippen LogP contribution in [0.25, 0.3) is 0 Å². The first kappa shape index (κ1) is 22.5. The zero-order valence-electron chi connectivity index (χ0n) is 17.8. The summed E-state index contributed by atoms with van der Waals surface area (Å²) in [6, 6.07) is -0.613. The van der Waals surface area contributed by atoms with Crippen molar-refractivity contribution >= 4 is 17.6 Å². The van der Waals surface area contributed by atoms with Crippen molar-refractivity contribution in [2.24, 2.45) is 0 Å². The fourth-order valence-corrected chi connectivity index (χ4v) is 3.96. The number of aliphatic hydroxyl groups excluding tert-OH is 1. The maximum absolute atomic E-state index is 13.1. The van der Waals surface area contributed by atoms with E-state index >= 15 is 0 Å². The van der Waals surface area contributed by atoms with E-state index < -0.39 is 6.10 Å². The third kappa shape index (κ3) is 5.50. The molecule has 3 rings (SSSR count). The van der Waals surface area contributed by atoms with Crippen LogP contribution in [-0.2, 0) is 14.3 Å². The third-order valence-electron chi connectivity index (χ3n) is 5.49. The van der Waals surface area contributed by atoms with Gasteiger partial charge in [-0.05, 0) is 33.1 Å². The first-order valence-electron chi connectivity index (χ1n) is 10.6. The first-order chi connectivity index (χ1) is 14.4. The van der Waals surface area contributed by atoms with E-state index in [1.807, 2.05) is 6.92 Å². The molecular weight excluding hydrogens is 392 g/mol. The molecule has 0 saturated carbocycles. The average molecular weight is 424 g/mol. The monoisotopic (exact) mass is 424 g/mol. The average Bonchev–Trinajstić information content (AvgIpc) is 3.01. The van der Waals surface area contributed by atoms with Gasteiger partial charge in [0.2, 0.25) is 5.91 Å². The predicted octanol–water partition coefficient (Wildman–Crippen LogP) is 1.35. The Morgan fingerprint density at radius 3 is 2.77 bits per heavy atom. The lowest BCUT2D eigenvalue weighted by Crippen LogP contribution is -2.58. The van der Waals surface area contributed by atoms with Crippen molar-refractivity contribution in [2.75, 3.05) is 31.6 Å². The molecule has 30 heavy (non-hydrogen) atoms.